The van der Waals surface area contributed by atoms with E-state index >= 15 is 0 Å². The zero-order valence-electron chi connectivity index (χ0n) is 19.9. The maximum absolute atomic E-state index is 6.74. The highest BCUT2D eigenvalue weighted by molar-refractivity contribution is 7.81. The molecule has 0 fully saturated rings. The van der Waals surface area contributed by atoms with Crippen LogP contribution in [0, 0.1) is 0 Å². The van der Waals surface area contributed by atoms with Gasteiger partial charge in [-0.05, 0) is 37.1 Å². The highest BCUT2D eigenvalue weighted by atomic mass is 31.2. The fourth-order valence-electron chi connectivity index (χ4n) is 3.88. The smallest absolute Gasteiger partial charge is 0.195 e. The molecule has 0 amide bonds. The third-order valence-corrected chi connectivity index (χ3v) is 8.78. The molecule has 0 heterocycles. The van der Waals surface area contributed by atoms with Crippen molar-refractivity contribution in [2.24, 2.45) is 0 Å². The van der Waals surface area contributed by atoms with Crippen LogP contribution in [0.3, 0.4) is 0 Å². The Morgan fingerprint density at radius 1 is 0.484 bits per heavy atom. The van der Waals surface area contributed by atoms with Crippen molar-refractivity contribution >= 4 is 18.3 Å². The van der Waals surface area contributed by atoms with Gasteiger partial charge in [-0.2, -0.15) is 9.05 Å². The molecule has 0 bridgehead atoms. The van der Waals surface area contributed by atoms with Crippen LogP contribution in [0.2, 0.25) is 0 Å². The second-order valence-corrected chi connectivity index (χ2v) is 11.1. The third kappa shape index (κ3) is 9.44. The van der Waals surface area contributed by atoms with Gasteiger partial charge in [0.05, 0.1) is 13.2 Å². The van der Waals surface area contributed by atoms with Crippen LogP contribution in [-0.2, 0) is 9.05 Å². The molecule has 31 heavy (non-hydrogen) atoms. The summed E-state index contributed by atoms with van der Waals surface area (Å²) in [5.74, 6) is 0. The van der Waals surface area contributed by atoms with E-state index in [4.69, 9.17) is 9.05 Å². The summed E-state index contributed by atoms with van der Waals surface area (Å²) in [6, 6.07) is 21.3. The molecule has 2 aromatic carbocycles. The van der Waals surface area contributed by atoms with Crippen molar-refractivity contribution in [2.75, 3.05) is 13.2 Å². The van der Waals surface area contributed by atoms with Crippen molar-refractivity contribution in [3.05, 3.63) is 60.7 Å². The molecule has 0 radical (unpaired) electrons. The fourth-order valence-corrected chi connectivity index (χ4v) is 6.75. The lowest BCUT2D eigenvalue weighted by molar-refractivity contribution is 0.236. The molecule has 0 aromatic heterocycles. The Bertz CT molecular complexity index is 600. The molecule has 3 heteroatoms. The van der Waals surface area contributed by atoms with E-state index in [9.17, 15) is 0 Å². The predicted molar refractivity (Wildman–Crippen MR) is 138 cm³/mol. The molecule has 0 N–H and O–H groups in total. The standard InChI is InChI=1S/C28H44O2P/c1-3-5-7-9-11-19-25-29-31(27-21-15-13-16-22-27,28-23-17-14-18-24-28)30-26-20-12-10-8-6-4-2/h13-18,21-24H,3-12,19-20,25-26H2,1-2H3/q+1. The first-order valence-corrected chi connectivity index (χ1v) is 14.3. The van der Waals surface area contributed by atoms with Gasteiger partial charge in [0.2, 0.25) is 0 Å². The summed E-state index contributed by atoms with van der Waals surface area (Å²) >= 11 is 0. The Hall–Kier alpha value is -1.21. The largest absolute Gasteiger partial charge is 0.339 e. The van der Waals surface area contributed by atoms with Crippen LogP contribution < -0.4 is 10.6 Å². The first-order chi connectivity index (χ1) is 15.3. The summed E-state index contributed by atoms with van der Waals surface area (Å²) in [4.78, 5) is 0. The van der Waals surface area contributed by atoms with Gasteiger partial charge in [0, 0.05) is 0 Å². The molecule has 2 rings (SSSR count). The highest BCUT2D eigenvalue weighted by Gasteiger charge is 2.47. The minimum absolute atomic E-state index is 0.764. The normalized spacial score (nSPS) is 11.7. The number of benzene rings is 2. The van der Waals surface area contributed by atoms with Crippen molar-refractivity contribution in [3.8, 4) is 0 Å². The van der Waals surface area contributed by atoms with Gasteiger partial charge >= 0.3 is 7.72 Å². The number of hydrogen-bond donors (Lipinski definition) is 0. The zero-order valence-corrected chi connectivity index (χ0v) is 20.8. The Balaban J connectivity index is 2.06. The number of unbranched alkanes of at least 4 members (excludes halogenated alkanes) is 10. The lowest BCUT2D eigenvalue weighted by atomic mass is 10.1. The number of hydrogen-bond acceptors (Lipinski definition) is 2. The maximum Gasteiger partial charge on any atom is 0.339 e. The summed E-state index contributed by atoms with van der Waals surface area (Å²) in [7, 11) is -2.32. The van der Waals surface area contributed by atoms with E-state index in [-0.39, 0.29) is 0 Å². The second-order valence-electron chi connectivity index (χ2n) is 8.42. The first kappa shape index (κ1) is 26.0. The van der Waals surface area contributed by atoms with Crippen LogP contribution >= 0.6 is 7.72 Å². The van der Waals surface area contributed by atoms with E-state index in [1.165, 1.54) is 74.8 Å². The molecule has 0 aliphatic heterocycles. The average Bonchev–Trinajstić information content (AvgIpc) is 2.83. The van der Waals surface area contributed by atoms with Gasteiger partial charge in [0.15, 0.2) is 10.6 Å². The lowest BCUT2D eigenvalue weighted by Crippen LogP contribution is -2.27. The molecule has 0 saturated heterocycles. The van der Waals surface area contributed by atoms with Gasteiger partial charge in [-0.3, -0.25) is 0 Å². The summed E-state index contributed by atoms with van der Waals surface area (Å²) in [6.07, 6.45) is 15.2. The minimum Gasteiger partial charge on any atom is -0.195 e. The van der Waals surface area contributed by atoms with E-state index in [1.807, 2.05) is 0 Å². The Morgan fingerprint density at radius 3 is 1.23 bits per heavy atom. The fraction of sp³-hybridized carbons (Fsp3) is 0.571. The van der Waals surface area contributed by atoms with Gasteiger partial charge < -0.3 is 0 Å². The van der Waals surface area contributed by atoms with E-state index in [1.54, 1.807) is 0 Å². The van der Waals surface area contributed by atoms with E-state index in [2.05, 4.69) is 74.5 Å². The van der Waals surface area contributed by atoms with Crippen molar-refractivity contribution in [1.82, 2.24) is 0 Å². The van der Waals surface area contributed by atoms with Crippen LogP contribution in [0.1, 0.15) is 90.9 Å². The molecular weight excluding hydrogens is 399 g/mol. The quantitative estimate of drug-likeness (QED) is 0.171. The van der Waals surface area contributed by atoms with Crippen molar-refractivity contribution < 1.29 is 9.05 Å². The molecule has 2 aromatic rings. The number of rotatable bonds is 18. The molecule has 0 atom stereocenters. The van der Waals surface area contributed by atoms with Crippen LogP contribution in [0.4, 0.5) is 0 Å². The van der Waals surface area contributed by atoms with E-state index in [0.29, 0.717) is 0 Å². The molecule has 0 aliphatic rings. The van der Waals surface area contributed by atoms with Crippen LogP contribution in [0.15, 0.2) is 60.7 Å². The predicted octanol–water partition coefficient (Wildman–Crippen LogP) is 8.24. The van der Waals surface area contributed by atoms with Gasteiger partial charge in [-0.15, -0.1) is 0 Å². The third-order valence-electron chi connectivity index (χ3n) is 5.73. The van der Waals surface area contributed by atoms with Crippen molar-refractivity contribution in [2.45, 2.75) is 90.9 Å². The summed E-state index contributed by atoms with van der Waals surface area (Å²) in [5, 5.41) is 2.39. The maximum atomic E-state index is 6.74. The second kappa shape index (κ2) is 16.4. The van der Waals surface area contributed by atoms with E-state index < -0.39 is 7.72 Å². The molecule has 2 nitrogen and oxygen atoms in total. The van der Waals surface area contributed by atoms with Gasteiger partial charge in [0.25, 0.3) is 0 Å². The van der Waals surface area contributed by atoms with Crippen molar-refractivity contribution in [1.29, 1.82) is 0 Å². The first-order valence-electron chi connectivity index (χ1n) is 12.6. The zero-order chi connectivity index (χ0) is 22.0. The topological polar surface area (TPSA) is 18.5 Å². The molecule has 172 valence electrons. The molecule has 0 aliphatic carbocycles. The Kier molecular flexibility index (Phi) is 13.8. The van der Waals surface area contributed by atoms with Crippen molar-refractivity contribution in [3.63, 3.8) is 0 Å². The molecule has 0 spiro atoms. The average molecular weight is 444 g/mol. The monoisotopic (exact) mass is 443 g/mol. The van der Waals surface area contributed by atoms with Crippen LogP contribution in [-0.4, -0.2) is 13.2 Å². The van der Waals surface area contributed by atoms with Gasteiger partial charge in [-0.25, -0.2) is 0 Å². The Labute approximate surface area is 192 Å². The summed E-state index contributed by atoms with van der Waals surface area (Å²) in [6.45, 7) is 6.06. The van der Waals surface area contributed by atoms with Crippen LogP contribution in [0.25, 0.3) is 0 Å². The lowest BCUT2D eigenvalue weighted by Gasteiger charge is -2.24. The van der Waals surface area contributed by atoms with Gasteiger partial charge in [0.1, 0.15) is 0 Å². The molecular formula is C28H44O2P+. The summed E-state index contributed by atoms with van der Waals surface area (Å²) < 4.78 is 13.5. The van der Waals surface area contributed by atoms with Gasteiger partial charge in [-0.1, -0.05) is 114 Å². The molecule has 0 unspecified atom stereocenters. The minimum atomic E-state index is -2.32. The molecule has 0 saturated carbocycles. The van der Waals surface area contributed by atoms with Crippen LogP contribution in [0.5, 0.6) is 0 Å². The van der Waals surface area contributed by atoms with E-state index in [0.717, 1.165) is 26.1 Å². The summed E-state index contributed by atoms with van der Waals surface area (Å²) in [5.41, 5.74) is 0. The SMILES string of the molecule is CCCCCCCCO[P+](OCCCCCCCC)(c1ccccc1)c1ccccc1. The Morgan fingerprint density at radius 2 is 0.839 bits per heavy atom. The highest BCUT2D eigenvalue weighted by Crippen LogP contribution is 2.58.